The molecule has 0 bridgehead atoms. The third kappa shape index (κ3) is 6.79. The lowest BCUT2D eigenvalue weighted by molar-refractivity contribution is -0.129. The van der Waals surface area contributed by atoms with Crippen molar-refractivity contribution in [2.24, 2.45) is 0 Å². The fourth-order valence-electron chi connectivity index (χ4n) is 4.35. The van der Waals surface area contributed by atoms with Crippen molar-refractivity contribution in [1.82, 2.24) is 15.7 Å². The number of hydrogen-bond donors (Lipinski definition) is 3. The first-order chi connectivity index (χ1) is 15.6. The number of nitrogens with one attached hydrogen (secondary N) is 2. The van der Waals surface area contributed by atoms with Crippen molar-refractivity contribution < 1.29 is 19.6 Å². The van der Waals surface area contributed by atoms with Gasteiger partial charge in [0, 0.05) is 24.6 Å². The van der Waals surface area contributed by atoms with E-state index in [9.17, 15) is 14.4 Å². The quantitative estimate of drug-likeness (QED) is 0.298. The Balaban J connectivity index is 1.67. The summed E-state index contributed by atoms with van der Waals surface area (Å²) in [6.45, 7) is 0.455. The predicted molar refractivity (Wildman–Crippen MR) is 123 cm³/mol. The Morgan fingerprint density at radius 2 is 1.66 bits per heavy atom. The van der Waals surface area contributed by atoms with Crippen LogP contribution < -0.4 is 10.8 Å². The zero-order chi connectivity index (χ0) is 22.8. The van der Waals surface area contributed by atoms with Crippen LogP contribution in [0.1, 0.15) is 68.1 Å². The molecular formula is C25H33N3O4. The second kappa shape index (κ2) is 12.2. The Bertz CT molecular complexity index is 919. The summed E-state index contributed by atoms with van der Waals surface area (Å²) < 4.78 is 0. The topological polar surface area (TPSA) is 98.7 Å². The first kappa shape index (κ1) is 23.7. The number of carbonyl (C=O) groups is 3. The van der Waals surface area contributed by atoms with E-state index in [1.807, 2.05) is 42.5 Å². The maximum Gasteiger partial charge on any atom is 0.254 e. The fourth-order valence-corrected chi connectivity index (χ4v) is 4.35. The zero-order valence-corrected chi connectivity index (χ0v) is 18.5. The molecule has 0 aromatic heterocycles. The van der Waals surface area contributed by atoms with Gasteiger partial charge in [-0.15, -0.1) is 0 Å². The number of fused-ring (bicyclic) bond motifs is 1. The van der Waals surface area contributed by atoms with E-state index in [4.69, 9.17) is 5.21 Å². The molecular weight excluding hydrogens is 406 g/mol. The predicted octanol–water partition coefficient (Wildman–Crippen LogP) is 3.80. The lowest BCUT2D eigenvalue weighted by Gasteiger charge is -2.26. The smallest absolute Gasteiger partial charge is 0.254 e. The standard InChI is InChI=1S/C25H33N3O4/c29-23(27-32)16-5-2-8-17-28(18-24(30)26-20-12-3-1-4-13-20)25(31)22-15-9-11-19-10-6-7-14-21(19)22/h6-7,9-11,14-15,20,32H,1-5,8,12-13,16-18H2,(H,26,30)(H,27,29). The molecule has 2 aromatic rings. The van der Waals surface area contributed by atoms with Crippen LogP contribution in [-0.4, -0.2) is 47.0 Å². The zero-order valence-electron chi connectivity index (χ0n) is 18.5. The molecule has 172 valence electrons. The average Bonchev–Trinajstić information content (AvgIpc) is 2.82. The normalized spacial score (nSPS) is 14.2. The van der Waals surface area contributed by atoms with E-state index in [1.165, 1.54) is 6.42 Å². The van der Waals surface area contributed by atoms with Crippen molar-refractivity contribution in [2.45, 2.75) is 63.8 Å². The summed E-state index contributed by atoms with van der Waals surface area (Å²) in [5, 5.41) is 13.6. The molecule has 32 heavy (non-hydrogen) atoms. The SMILES string of the molecule is O=C(CCCCCN(CC(=O)NC1CCCCC1)C(=O)c1cccc2ccccc12)NO. The molecule has 3 amide bonds. The van der Waals surface area contributed by atoms with Gasteiger partial charge in [0.15, 0.2) is 0 Å². The van der Waals surface area contributed by atoms with E-state index >= 15 is 0 Å². The molecule has 1 saturated carbocycles. The van der Waals surface area contributed by atoms with Crippen LogP contribution in [0.25, 0.3) is 10.8 Å². The van der Waals surface area contributed by atoms with Crippen LogP contribution in [0.4, 0.5) is 0 Å². The van der Waals surface area contributed by atoms with Crippen molar-refractivity contribution in [3.63, 3.8) is 0 Å². The first-order valence-corrected chi connectivity index (χ1v) is 11.6. The fraction of sp³-hybridized carbons (Fsp3) is 0.480. The maximum absolute atomic E-state index is 13.5. The molecule has 0 aliphatic heterocycles. The van der Waals surface area contributed by atoms with Gasteiger partial charge in [0.2, 0.25) is 11.8 Å². The van der Waals surface area contributed by atoms with Gasteiger partial charge in [0.1, 0.15) is 0 Å². The number of rotatable bonds is 10. The van der Waals surface area contributed by atoms with Crippen LogP contribution in [0.3, 0.4) is 0 Å². The third-order valence-electron chi connectivity index (χ3n) is 6.07. The molecule has 3 rings (SSSR count). The van der Waals surface area contributed by atoms with Gasteiger partial charge in [0.05, 0.1) is 6.54 Å². The van der Waals surface area contributed by atoms with Crippen LogP contribution in [-0.2, 0) is 9.59 Å². The highest BCUT2D eigenvalue weighted by molar-refractivity contribution is 6.07. The summed E-state index contributed by atoms with van der Waals surface area (Å²) in [7, 11) is 0. The molecule has 0 saturated heterocycles. The molecule has 1 aliphatic carbocycles. The monoisotopic (exact) mass is 439 g/mol. The van der Waals surface area contributed by atoms with Gasteiger partial charge in [-0.2, -0.15) is 0 Å². The summed E-state index contributed by atoms with van der Waals surface area (Å²) >= 11 is 0. The van der Waals surface area contributed by atoms with E-state index in [1.54, 1.807) is 10.4 Å². The van der Waals surface area contributed by atoms with E-state index in [-0.39, 0.29) is 30.8 Å². The summed E-state index contributed by atoms with van der Waals surface area (Å²) in [6.07, 6.45) is 7.70. The molecule has 0 atom stereocenters. The van der Waals surface area contributed by atoms with E-state index in [2.05, 4.69) is 5.32 Å². The van der Waals surface area contributed by atoms with Crippen LogP contribution in [0.15, 0.2) is 42.5 Å². The van der Waals surface area contributed by atoms with Crippen LogP contribution >= 0.6 is 0 Å². The number of nitrogens with zero attached hydrogens (tertiary/aromatic N) is 1. The number of hydrogen-bond acceptors (Lipinski definition) is 4. The summed E-state index contributed by atoms with van der Waals surface area (Å²) in [5.74, 6) is -0.695. The average molecular weight is 440 g/mol. The molecule has 0 spiro atoms. The molecule has 0 heterocycles. The van der Waals surface area contributed by atoms with Gasteiger partial charge in [-0.05, 0) is 42.5 Å². The third-order valence-corrected chi connectivity index (χ3v) is 6.07. The van der Waals surface area contributed by atoms with Crippen molar-refractivity contribution in [1.29, 1.82) is 0 Å². The number of benzene rings is 2. The van der Waals surface area contributed by atoms with Gasteiger partial charge in [-0.1, -0.05) is 62.1 Å². The lowest BCUT2D eigenvalue weighted by atomic mass is 9.95. The number of carbonyl (C=O) groups excluding carboxylic acids is 3. The number of unbranched alkanes of at least 4 members (excludes halogenated alkanes) is 2. The Hall–Kier alpha value is -2.93. The molecule has 0 unspecified atom stereocenters. The number of amides is 3. The van der Waals surface area contributed by atoms with Gasteiger partial charge in [-0.3, -0.25) is 19.6 Å². The Kier molecular flexibility index (Phi) is 9.04. The van der Waals surface area contributed by atoms with Crippen molar-refractivity contribution >= 4 is 28.5 Å². The summed E-state index contributed by atoms with van der Waals surface area (Å²) in [5.41, 5.74) is 2.22. The molecule has 1 aliphatic rings. The maximum atomic E-state index is 13.5. The Morgan fingerprint density at radius 1 is 0.906 bits per heavy atom. The first-order valence-electron chi connectivity index (χ1n) is 11.6. The van der Waals surface area contributed by atoms with Crippen LogP contribution in [0, 0.1) is 0 Å². The van der Waals surface area contributed by atoms with E-state index in [0.717, 1.165) is 42.9 Å². The minimum absolute atomic E-state index is 0.0235. The summed E-state index contributed by atoms with van der Waals surface area (Å²) in [4.78, 5) is 39.0. The van der Waals surface area contributed by atoms with Crippen molar-refractivity contribution in [3.8, 4) is 0 Å². The largest absolute Gasteiger partial charge is 0.352 e. The highest BCUT2D eigenvalue weighted by Gasteiger charge is 2.22. The molecule has 7 heteroatoms. The summed E-state index contributed by atoms with van der Waals surface area (Å²) in [6, 6.07) is 13.6. The van der Waals surface area contributed by atoms with Gasteiger partial charge in [0.25, 0.3) is 5.91 Å². The van der Waals surface area contributed by atoms with E-state index < -0.39 is 5.91 Å². The molecule has 2 aromatic carbocycles. The minimum Gasteiger partial charge on any atom is -0.352 e. The Labute approximate surface area is 189 Å². The highest BCUT2D eigenvalue weighted by atomic mass is 16.5. The Morgan fingerprint density at radius 3 is 2.44 bits per heavy atom. The lowest BCUT2D eigenvalue weighted by Crippen LogP contribution is -2.45. The molecule has 3 N–H and O–H groups in total. The second-order valence-electron chi connectivity index (χ2n) is 8.50. The van der Waals surface area contributed by atoms with Crippen molar-refractivity contribution in [3.05, 3.63) is 48.0 Å². The van der Waals surface area contributed by atoms with Gasteiger partial charge >= 0.3 is 0 Å². The van der Waals surface area contributed by atoms with Gasteiger partial charge < -0.3 is 10.2 Å². The van der Waals surface area contributed by atoms with Crippen LogP contribution in [0.5, 0.6) is 0 Å². The second-order valence-corrected chi connectivity index (χ2v) is 8.50. The van der Waals surface area contributed by atoms with Crippen molar-refractivity contribution in [2.75, 3.05) is 13.1 Å². The highest BCUT2D eigenvalue weighted by Crippen LogP contribution is 2.21. The number of hydroxylamine groups is 1. The van der Waals surface area contributed by atoms with Gasteiger partial charge in [-0.25, -0.2) is 5.48 Å². The molecule has 1 fully saturated rings. The van der Waals surface area contributed by atoms with E-state index in [0.29, 0.717) is 24.9 Å². The van der Waals surface area contributed by atoms with Crippen LogP contribution in [0.2, 0.25) is 0 Å². The molecule has 7 nitrogen and oxygen atoms in total. The minimum atomic E-state index is -0.416. The molecule has 0 radical (unpaired) electrons.